The zero-order chi connectivity index (χ0) is 14.0. The van der Waals surface area contributed by atoms with Crippen LogP contribution in [0, 0.1) is 5.41 Å². The fourth-order valence-electron chi connectivity index (χ4n) is 2.79. The second-order valence-corrected chi connectivity index (χ2v) is 5.99. The fraction of sp³-hybridized carbons (Fsp3) is 0.471. The Balaban J connectivity index is 1.53. The lowest BCUT2D eigenvalue weighted by molar-refractivity contribution is -0.121. The second-order valence-electron chi connectivity index (χ2n) is 5.99. The highest BCUT2D eigenvalue weighted by Gasteiger charge is 2.40. The minimum absolute atomic E-state index is 0.176. The van der Waals surface area contributed by atoms with Crippen molar-refractivity contribution in [2.75, 3.05) is 6.54 Å². The number of nitrogens with one attached hydrogen (secondary N) is 2. The molecule has 0 radical (unpaired) electrons. The van der Waals surface area contributed by atoms with Gasteiger partial charge in [0, 0.05) is 30.1 Å². The summed E-state index contributed by atoms with van der Waals surface area (Å²) >= 11 is 0. The lowest BCUT2D eigenvalue weighted by Gasteiger charge is -2.13. The Morgan fingerprint density at radius 2 is 2.15 bits per heavy atom. The monoisotopic (exact) mass is 270 g/mol. The van der Waals surface area contributed by atoms with E-state index in [0.29, 0.717) is 11.8 Å². The molecule has 3 heteroatoms. The van der Waals surface area contributed by atoms with Gasteiger partial charge in [-0.2, -0.15) is 0 Å². The van der Waals surface area contributed by atoms with Crippen LogP contribution in [-0.4, -0.2) is 17.4 Å². The summed E-state index contributed by atoms with van der Waals surface area (Å²) in [6, 6.07) is 8.24. The van der Waals surface area contributed by atoms with Crippen molar-refractivity contribution in [3.05, 3.63) is 36.0 Å². The summed E-state index contributed by atoms with van der Waals surface area (Å²) in [7, 11) is 0. The maximum absolute atomic E-state index is 11.9. The van der Waals surface area contributed by atoms with Crippen molar-refractivity contribution in [2.24, 2.45) is 5.41 Å². The Bertz CT molecular complexity index is 610. The molecule has 0 saturated heterocycles. The summed E-state index contributed by atoms with van der Waals surface area (Å²) in [4.78, 5) is 15.2. The third-order valence-electron chi connectivity index (χ3n) is 4.66. The highest BCUT2D eigenvalue weighted by Crippen LogP contribution is 2.47. The highest BCUT2D eigenvalue weighted by molar-refractivity contribution is 5.84. The SMILES string of the molecule is CCC1(CNC(=O)CCc2c[nH]c3ccccc23)CC1. The second kappa shape index (κ2) is 5.31. The fourth-order valence-corrected chi connectivity index (χ4v) is 2.79. The Hall–Kier alpha value is -1.77. The van der Waals surface area contributed by atoms with Crippen LogP contribution in [0.4, 0.5) is 0 Å². The molecule has 0 aliphatic heterocycles. The largest absolute Gasteiger partial charge is 0.361 e. The van der Waals surface area contributed by atoms with E-state index in [1.807, 2.05) is 18.3 Å². The first-order valence-electron chi connectivity index (χ1n) is 7.54. The molecule has 0 bridgehead atoms. The van der Waals surface area contributed by atoms with Gasteiger partial charge < -0.3 is 10.3 Å². The average molecular weight is 270 g/mol. The third-order valence-corrected chi connectivity index (χ3v) is 4.66. The van der Waals surface area contributed by atoms with Crippen LogP contribution in [-0.2, 0) is 11.2 Å². The van der Waals surface area contributed by atoms with Crippen LogP contribution in [0.3, 0.4) is 0 Å². The van der Waals surface area contributed by atoms with Crippen LogP contribution >= 0.6 is 0 Å². The first-order chi connectivity index (χ1) is 9.72. The molecule has 0 atom stereocenters. The molecule has 2 aromatic rings. The van der Waals surface area contributed by atoms with Crippen molar-refractivity contribution >= 4 is 16.8 Å². The van der Waals surface area contributed by atoms with Crippen molar-refractivity contribution in [3.8, 4) is 0 Å². The summed E-state index contributed by atoms with van der Waals surface area (Å²) in [5.74, 6) is 0.176. The van der Waals surface area contributed by atoms with Gasteiger partial charge in [0.05, 0.1) is 0 Å². The van der Waals surface area contributed by atoms with E-state index in [0.717, 1.165) is 18.5 Å². The number of carbonyl (C=O) groups is 1. The highest BCUT2D eigenvalue weighted by atomic mass is 16.1. The van der Waals surface area contributed by atoms with Crippen molar-refractivity contribution in [3.63, 3.8) is 0 Å². The minimum atomic E-state index is 0.176. The van der Waals surface area contributed by atoms with Crippen LogP contribution in [0.2, 0.25) is 0 Å². The molecule has 1 fully saturated rings. The summed E-state index contributed by atoms with van der Waals surface area (Å²) < 4.78 is 0. The summed E-state index contributed by atoms with van der Waals surface area (Å²) in [6.45, 7) is 3.07. The molecule has 0 unspecified atom stereocenters. The molecule has 20 heavy (non-hydrogen) atoms. The van der Waals surface area contributed by atoms with E-state index in [2.05, 4.69) is 29.4 Å². The summed E-state index contributed by atoms with van der Waals surface area (Å²) in [6.07, 6.45) is 7.11. The van der Waals surface area contributed by atoms with Gasteiger partial charge in [0.15, 0.2) is 0 Å². The van der Waals surface area contributed by atoms with Crippen LogP contribution in [0.15, 0.2) is 30.5 Å². The van der Waals surface area contributed by atoms with Crippen molar-refractivity contribution in [2.45, 2.75) is 39.0 Å². The van der Waals surface area contributed by atoms with Crippen LogP contribution in [0.25, 0.3) is 10.9 Å². The molecule has 1 aromatic carbocycles. The van der Waals surface area contributed by atoms with E-state index in [-0.39, 0.29) is 5.91 Å². The maximum atomic E-state index is 11.9. The number of benzene rings is 1. The maximum Gasteiger partial charge on any atom is 0.220 e. The minimum Gasteiger partial charge on any atom is -0.361 e. The quantitative estimate of drug-likeness (QED) is 0.830. The molecule has 1 aromatic heterocycles. The lowest BCUT2D eigenvalue weighted by Crippen LogP contribution is -2.30. The molecule has 1 saturated carbocycles. The zero-order valence-corrected chi connectivity index (χ0v) is 12.0. The van der Waals surface area contributed by atoms with E-state index in [1.54, 1.807) is 0 Å². The zero-order valence-electron chi connectivity index (χ0n) is 12.0. The molecule has 3 nitrogen and oxygen atoms in total. The topological polar surface area (TPSA) is 44.9 Å². The first-order valence-corrected chi connectivity index (χ1v) is 7.54. The van der Waals surface area contributed by atoms with Gasteiger partial charge in [-0.25, -0.2) is 0 Å². The number of rotatable bonds is 6. The van der Waals surface area contributed by atoms with Gasteiger partial charge in [-0.05, 0) is 42.7 Å². The molecule has 1 amide bonds. The van der Waals surface area contributed by atoms with Gasteiger partial charge in [-0.15, -0.1) is 0 Å². The van der Waals surface area contributed by atoms with Crippen LogP contribution in [0.5, 0.6) is 0 Å². The van der Waals surface area contributed by atoms with E-state index >= 15 is 0 Å². The number of hydrogen-bond donors (Lipinski definition) is 2. The van der Waals surface area contributed by atoms with Gasteiger partial charge in [0.2, 0.25) is 5.91 Å². The molecule has 106 valence electrons. The Morgan fingerprint density at radius 3 is 2.90 bits per heavy atom. The van der Waals surface area contributed by atoms with Crippen molar-refractivity contribution in [1.82, 2.24) is 10.3 Å². The van der Waals surface area contributed by atoms with E-state index in [9.17, 15) is 4.79 Å². The van der Waals surface area contributed by atoms with Gasteiger partial charge in [-0.3, -0.25) is 4.79 Å². The number of aromatic nitrogens is 1. The normalized spacial score (nSPS) is 16.2. The van der Waals surface area contributed by atoms with E-state index < -0.39 is 0 Å². The first kappa shape index (κ1) is 13.2. The molecular formula is C17H22N2O. The number of aromatic amines is 1. The average Bonchev–Trinajstić information content (AvgIpc) is 3.16. The molecule has 2 N–H and O–H groups in total. The van der Waals surface area contributed by atoms with Crippen LogP contribution < -0.4 is 5.32 Å². The molecule has 0 spiro atoms. The van der Waals surface area contributed by atoms with Crippen molar-refractivity contribution in [1.29, 1.82) is 0 Å². The van der Waals surface area contributed by atoms with Crippen LogP contribution in [0.1, 0.15) is 38.2 Å². The smallest absolute Gasteiger partial charge is 0.220 e. The Labute approximate surface area is 119 Å². The molecule has 1 aliphatic rings. The predicted molar refractivity (Wildman–Crippen MR) is 81.6 cm³/mol. The number of fused-ring (bicyclic) bond motifs is 1. The molecule has 1 aliphatic carbocycles. The van der Waals surface area contributed by atoms with E-state index in [4.69, 9.17) is 0 Å². The number of para-hydroxylation sites is 1. The van der Waals surface area contributed by atoms with Crippen molar-refractivity contribution < 1.29 is 4.79 Å². The molecular weight excluding hydrogens is 248 g/mol. The van der Waals surface area contributed by atoms with E-state index in [1.165, 1.54) is 30.2 Å². The van der Waals surface area contributed by atoms with Gasteiger partial charge >= 0.3 is 0 Å². The number of carbonyl (C=O) groups excluding carboxylic acids is 1. The Morgan fingerprint density at radius 1 is 1.35 bits per heavy atom. The number of H-pyrrole nitrogens is 1. The molecule has 3 rings (SSSR count). The molecule has 1 heterocycles. The lowest BCUT2D eigenvalue weighted by atomic mass is 10.0. The van der Waals surface area contributed by atoms with Gasteiger partial charge in [0.1, 0.15) is 0 Å². The number of amides is 1. The standard InChI is InChI=1S/C17H22N2O/c1-2-17(9-10-17)12-19-16(20)8-7-13-11-18-15-6-4-3-5-14(13)15/h3-6,11,18H,2,7-10,12H2,1H3,(H,19,20). The summed E-state index contributed by atoms with van der Waals surface area (Å²) in [5, 5.41) is 4.33. The predicted octanol–water partition coefficient (Wildman–Crippen LogP) is 3.41. The van der Waals surface area contributed by atoms with Gasteiger partial charge in [-0.1, -0.05) is 25.1 Å². The number of hydrogen-bond acceptors (Lipinski definition) is 1. The summed E-state index contributed by atoms with van der Waals surface area (Å²) in [5.41, 5.74) is 2.80. The third kappa shape index (κ3) is 2.72. The van der Waals surface area contributed by atoms with Gasteiger partial charge in [0.25, 0.3) is 0 Å². The number of aryl methyl sites for hydroxylation is 1. The Kier molecular flexibility index (Phi) is 3.51.